The molecule has 4 aromatic rings. The van der Waals surface area contributed by atoms with Crippen LogP contribution in [0.3, 0.4) is 0 Å². The number of rotatable bonds is 6. The van der Waals surface area contributed by atoms with Crippen LogP contribution in [0, 0.1) is 11.6 Å². The number of nitrogens with zero attached hydrogens (tertiary/aromatic N) is 2. The van der Waals surface area contributed by atoms with Crippen molar-refractivity contribution in [2.75, 3.05) is 11.4 Å². The number of thiophene rings is 1. The number of benzene rings is 2. The van der Waals surface area contributed by atoms with Crippen LogP contribution in [0.15, 0.2) is 58.7 Å². The number of aromatic hydroxyl groups is 1. The standard InChI is InChI=1S/C24H19F2N3O5S/c1-28-18-8-10-35-22(18)21(32)20(23(28)33)29(24(34)27-9-7-19(30)31)15-4-2-3-13(11-15)16-6-5-14(25)12-17(16)26/h2-6,8,10-12,32H,7,9H2,1H3,(H,27,34)(H,30,31). The summed E-state index contributed by atoms with van der Waals surface area (Å²) in [6, 6.07) is 9.78. The number of hydrogen-bond acceptors (Lipinski definition) is 5. The van der Waals surface area contributed by atoms with Crippen LogP contribution in [-0.2, 0) is 11.8 Å². The first-order valence-corrected chi connectivity index (χ1v) is 11.2. The molecule has 0 aliphatic heterocycles. The molecule has 0 saturated carbocycles. The van der Waals surface area contributed by atoms with E-state index in [1.54, 1.807) is 17.5 Å². The predicted octanol–water partition coefficient (Wildman–Crippen LogP) is 4.57. The Kier molecular flexibility index (Phi) is 6.52. The first kappa shape index (κ1) is 23.9. The SMILES string of the molecule is Cn1c(=O)c(N(C(=O)NCCC(=O)O)c2cccc(-c3ccc(F)cc3F)c2)c(O)c2sccc21. The number of carbonyl (C=O) groups excluding carboxylic acids is 1. The van der Waals surface area contributed by atoms with Gasteiger partial charge in [0.15, 0.2) is 11.4 Å². The van der Waals surface area contributed by atoms with E-state index >= 15 is 0 Å². The Morgan fingerprint density at radius 2 is 1.91 bits per heavy atom. The summed E-state index contributed by atoms with van der Waals surface area (Å²) in [5.74, 6) is -3.13. The number of halogens is 2. The normalized spacial score (nSPS) is 10.9. The van der Waals surface area contributed by atoms with Crippen molar-refractivity contribution in [1.29, 1.82) is 0 Å². The van der Waals surface area contributed by atoms with Gasteiger partial charge in [-0.25, -0.2) is 13.6 Å². The Morgan fingerprint density at radius 3 is 2.63 bits per heavy atom. The first-order valence-electron chi connectivity index (χ1n) is 10.3. The topological polar surface area (TPSA) is 112 Å². The van der Waals surface area contributed by atoms with Crippen LogP contribution in [0.25, 0.3) is 21.3 Å². The number of pyridine rings is 1. The van der Waals surface area contributed by atoms with E-state index in [-0.39, 0.29) is 35.5 Å². The van der Waals surface area contributed by atoms with Gasteiger partial charge in [0.2, 0.25) is 0 Å². The first-order chi connectivity index (χ1) is 16.7. The second-order valence-electron chi connectivity index (χ2n) is 7.58. The Labute approximate surface area is 201 Å². The number of anilines is 2. The largest absolute Gasteiger partial charge is 0.504 e. The van der Waals surface area contributed by atoms with E-state index in [0.717, 1.165) is 17.0 Å². The molecule has 0 saturated heterocycles. The summed E-state index contributed by atoms with van der Waals surface area (Å²) in [7, 11) is 1.49. The van der Waals surface area contributed by atoms with Crippen LogP contribution >= 0.6 is 11.3 Å². The lowest BCUT2D eigenvalue weighted by atomic mass is 10.0. The number of urea groups is 1. The zero-order valence-corrected chi connectivity index (χ0v) is 19.1. The fourth-order valence-corrected chi connectivity index (χ4v) is 4.53. The van der Waals surface area contributed by atoms with Gasteiger partial charge in [0.05, 0.1) is 22.3 Å². The maximum absolute atomic E-state index is 14.4. The Balaban J connectivity index is 1.89. The van der Waals surface area contributed by atoms with E-state index in [0.29, 0.717) is 10.2 Å². The predicted molar refractivity (Wildman–Crippen MR) is 128 cm³/mol. The van der Waals surface area contributed by atoms with Crippen molar-refractivity contribution >= 4 is 44.9 Å². The number of aliphatic carboxylic acids is 1. The monoisotopic (exact) mass is 499 g/mol. The zero-order chi connectivity index (χ0) is 25.3. The third-order valence-corrected chi connectivity index (χ3v) is 6.25. The second kappa shape index (κ2) is 9.55. The van der Waals surface area contributed by atoms with Crippen LogP contribution in [0.4, 0.5) is 25.0 Å². The fraction of sp³-hybridized carbons (Fsp3) is 0.125. The molecule has 0 unspecified atom stereocenters. The minimum atomic E-state index is -1.13. The Bertz CT molecular complexity index is 1520. The number of fused-ring (bicyclic) bond motifs is 1. The van der Waals surface area contributed by atoms with Gasteiger partial charge < -0.3 is 20.1 Å². The maximum Gasteiger partial charge on any atom is 0.326 e. The summed E-state index contributed by atoms with van der Waals surface area (Å²) in [4.78, 5) is 38.3. The zero-order valence-electron chi connectivity index (χ0n) is 18.3. The van der Waals surface area contributed by atoms with Gasteiger partial charge in [-0.15, -0.1) is 11.3 Å². The summed E-state index contributed by atoms with van der Waals surface area (Å²) >= 11 is 1.17. The van der Waals surface area contributed by atoms with Gasteiger partial charge in [0.1, 0.15) is 11.6 Å². The molecule has 0 spiro atoms. The fourth-order valence-electron chi connectivity index (χ4n) is 3.66. The van der Waals surface area contributed by atoms with Gasteiger partial charge >= 0.3 is 12.0 Å². The summed E-state index contributed by atoms with van der Waals surface area (Å²) < 4.78 is 29.5. The molecule has 11 heteroatoms. The third-order valence-electron chi connectivity index (χ3n) is 5.34. The van der Waals surface area contributed by atoms with Crippen molar-refractivity contribution in [3.63, 3.8) is 0 Å². The van der Waals surface area contributed by atoms with Crippen molar-refractivity contribution in [3.05, 3.63) is 75.9 Å². The Hall–Kier alpha value is -4.25. The third kappa shape index (κ3) is 4.58. The molecule has 0 bridgehead atoms. The summed E-state index contributed by atoms with van der Waals surface area (Å²) in [5.41, 5.74) is -0.119. The van der Waals surface area contributed by atoms with E-state index in [1.807, 2.05) is 0 Å². The number of amides is 2. The Morgan fingerprint density at radius 1 is 1.14 bits per heavy atom. The summed E-state index contributed by atoms with van der Waals surface area (Å²) in [6.45, 7) is -0.237. The molecule has 0 aliphatic rings. The molecule has 0 fully saturated rings. The highest BCUT2D eigenvalue weighted by Gasteiger charge is 2.28. The minimum absolute atomic E-state index is 0.0605. The van der Waals surface area contributed by atoms with Gasteiger partial charge in [-0.3, -0.25) is 14.5 Å². The molecule has 4 rings (SSSR count). The highest BCUT2D eigenvalue weighted by Crippen LogP contribution is 2.39. The number of hydrogen-bond donors (Lipinski definition) is 3. The number of carboxylic acids is 1. The average Bonchev–Trinajstić information content (AvgIpc) is 3.30. The molecule has 180 valence electrons. The van der Waals surface area contributed by atoms with Crippen molar-refractivity contribution in [1.82, 2.24) is 9.88 Å². The van der Waals surface area contributed by atoms with Gasteiger partial charge in [-0.1, -0.05) is 12.1 Å². The molecule has 2 amide bonds. The van der Waals surface area contributed by atoms with Crippen molar-refractivity contribution < 1.29 is 28.6 Å². The molecule has 2 heterocycles. The van der Waals surface area contributed by atoms with Gasteiger partial charge in [-0.05, 0) is 41.3 Å². The lowest BCUT2D eigenvalue weighted by molar-refractivity contribution is -0.136. The van der Waals surface area contributed by atoms with Crippen LogP contribution in [0.5, 0.6) is 5.75 Å². The second-order valence-corrected chi connectivity index (χ2v) is 8.50. The van der Waals surface area contributed by atoms with Gasteiger partial charge in [0, 0.05) is 25.2 Å². The van der Waals surface area contributed by atoms with Gasteiger partial charge in [0.25, 0.3) is 5.56 Å². The van der Waals surface area contributed by atoms with Crippen LogP contribution in [-0.4, -0.2) is 33.3 Å². The number of carboxylic acid groups (broad SMARTS) is 1. The quantitative estimate of drug-likeness (QED) is 0.360. The highest BCUT2D eigenvalue weighted by atomic mass is 32.1. The summed E-state index contributed by atoms with van der Waals surface area (Å²) in [5, 5.41) is 24.0. The number of aromatic nitrogens is 1. The molecule has 35 heavy (non-hydrogen) atoms. The number of aryl methyl sites for hydroxylation is 1. The van der Waals surface area contributed by atoms with E-state index in [9.17, 15) is 28.3 Å². The molecule has 2 aromatic heterocycles. The molecule has 2 aromatic carbocycles. The maximum atomic E-state index is 14.4. The molecule has 0 radical (unpaired) electrons. The van der Waals surface area contributed by atoms with E-state index < -0.39 is 34.9 Å². The lowest BCUT2D eigenvalue weighted by Crippen LogP contribution is -2.41. The van der Waals surface area contributed by atoms with Crippen molar-refractivity contribution in [2.24, 2.45) is 7.05 Å². The molecule has 8 nitrogen and oxygen atoms in total. The van der Waals surface area contributed by atoms with Crippen LogP contribution < -0.4 is 15.8 Å². The molecular formula is C24H19F2N3O5S. The lowest BCUT2D eigenvalue weighted by Gasteiger charge is -2.25. The van der Waals surface area contributed by atoms with E-state index in [2.05, 4.69) is 5.32 Å². The molecular weight excluding hydrogens is 480 g/mol. The highest BCUT2D eigenvalue weighted by molar-refractivity contribution is 7.17. The minimum Gasteiger partial charge on any atom is -0.504 e. The number of carbonyl (C=O) groups is 2. The van der Waals surface area contributed by atoms with Crippen LogP contribution in [0.2, 0.25) is 0 Å². The van der Waals surface area contributed by atoms with Crippen molar-refractivity contribution in [3.8, 4) is 16.9 Å². The van der Waals surface area contributed by atoms with Crippen LogP contribution in [0.1, 0.15) is 6.42 Å². The smallest absolute Gasteiger partial charge is 0.326 e. The summed E-state index contributed by atoms with van der Waals surface area (Å²) in [6.07, 6.45) is -0.367. The number of nitrogens with one attached hydrogen (secondary N) is 1. The molecule has 0 atom stereocenters. The van der Waals surface area contributed by atoms with Crippen molar-refractivity contribution in [2.45, 2.75) is 6.42 Å². The van der Waals surface area contributed by atoms with E-state index in [4.69, 9.17) is 5.11 Å². The average molecular weight is 499 g/mol. The molecule has 3 N–H and O–H groups in total. The van der Waals surface area contributed by atoms with E-state index in [1.165, 1.54) is 47.2 Å². The molecule has 0 aliphatic carbocycles. The van der Waals surface area contributed by atoms with Gasteiger partial charge in [-0.2, -0.15) is 0 Å².